The van der Waals surface area contributed by atoms with Crippen molar-refractivity contribution in [1.82, 2.24) is 0 Å². The van der Waals surface area contributed by atoms with Gasteiger partial charge in [-0.2, -0.15) is 0 Å². The third-order valence-electron chi connectivity index (χ3n) is 15.1. The smallest absolute Gasteiger partial charge is 0.335 e. The molecule has 0 aromatic rings. The first-order valence-electron chi connectivity index (χ1n) is 33.3. The van der Waals surface area contributed by atoms with E-state index in [1.54, 1.807) is 0 Å². The Labute approximate surface area is 494 Å². The Morgan fingerprint density at radius 1 is 0.420 bits per heavy atom. The van der Waals surface area contributed by atoms with Crippen LogP contribution in [0.25, 0.3) is 0 Å². The molecule has 6 atom stereocenters. The van der Waals surface area contributed by atoms with Crippen molar-refractivity contribution in [2.45, 2.75) is 340 Å². The number of carboxylic acids is 1. The molecule has 1 rings (SSSR count). The van der Waals surface area contributed by atoms with Crippen molar-refractivity contribution in [3.8, 4) is 0 Å². The van der Waals surface area contributed by atoms with Gasteiger partial charge in [-0.15, -0.1) is 0 Å². The molecule has 1 aliphatic heterocycles. The van der Waals surface area contributed by atoms with Crippen molar-refractivity contribution < 1.29 is 58.2 Å². The van der Waals surface area contributed by atoms with Gasteiger partial charge < -0.3 is 39.0 Å². The summed E-state index contributed by atoms with van der Waals surface area (Å²) in [6.07, 6.45) is 58.9. The fourth-order valence-electron chi connectivity index (χ4n) is 10.0. The van der Waals surface area contributed by atoms with Crippen molar-refractivity contribution in [2.24, 2.45) is 0 Å². The average molecular weight is 1140 g/mol. The molecule has 0 spiro atoms. The quantitative estimate of drug-likeness (QED) is 0.0228. The van der Waals surface area contributed by atoms with Gasteiger partial charge in [-0.1, -0.05) is 261 Å². The van der Waals surface area contributed by atoms with Gasteiger partial charge in [0.1, 0.15) is 18.8 Å². The maximum atomic E-state index is 13.2. The lowest BCUT2D eigenvalue weighted by Crippen LogP contribution is -2.61. The maximum Gasteiger partial charge on any atom is 0.335 e. The Hall–Kier alpha value is -3.58. The molecule has 12 heteroatoms. The number of aliphatic hydroxyl groups is 2. The van der Waals surface area contributed by atoms with E-state index in [9.17, 15) is 34.5 Å². The maximum absolute atomic E-state index is 13.2. The second kappa shape index (κ2) is 56.9. The summed E-state index contributed by atoms with van der Waals surface area (Å²) in [7, 11) is 0. The molecule has 1 heterocycles. The van der Waals surface area contributed by atoms with E-state index < -0.39 is 67.3 Å². The molecule has 0 saturated carbocycles. The van der Waals surface area contributed by atoms with E-state index in [0.717, 1.165) is 109 Å². The van der Waals surface area contributed by atoms with E-state index in [4.69, 9.17) is 23.7 Å². The summed E-state index contributed by atoms with van der Waals surface area (Å²) < 4.78 is 28.5. The molecule has 1 saturated heterocycles. The number of esters is 3. The topological polar surface area (TPSA) is 175 Å². The van der Waals surface area contributed by atoms with E-state index in [2.05, 4.69) is 81.5 Å². The molecule has 468 valence electrons. The summed E-state index contributed by atoms with van der Waals surface area (Å²) in [5.74, 6) is -3.13. The Balaban J connectivity index is 2.66. The van der Waals surface area contributed by atoms with Gasteiger partial charge in [-0.3, -0.25) is 14.4 Å². The minimum absolute atomic E-state index is 0.0610. The molecule has 0 bridgehead atoms. The summed E-state index contributed by atoms with van der Waals surface area (Å²) >= 11 is 0. The summed E-state index contributed by atoms with van der Waals surface area (Å²) in [5.41, 5.74) is 0. The van der Waals surface area contributed by atoms with Crippen molar-refractivity contribution in [3.05, 3.63) is 60.8 Å². The number of carboxylic acid groups (broad SMARTS) is 1. The number of unbranched alkanes of at least 4 members (excludes halogenated alkanes) is 33. The van der Waals surface area contributed by atoms with Crippen molar-refractivity contribution in [2.75, 3.05) is 13.2 Å². The van der Waals surface area contributed by atoms with Crippen LogP contribution >= 0.6 is 0 Å². The molecule has 6 unspecified atom stereocenters. The highest BCUT2D eigenvalue weighted by molar-refractivity contribution is 5.74. The Morgan fingerprint density at radius 3 is 1.20 bits per heavy atom. The molecule has 12 nitrogen and oxygen atoms in total. The summed E-state index contributed by atoms with van der Waals surface area (Å²) in [6.45, 7) is 5.90. The minimum atomic E-state index is -1.91. The molecule has 1 fully saturated rings. The second-order valence-corrected chi connectivity index (χ2v) is 22.7. The predicted molar refractivity (Wildman–Crippen MR) is 331 cm³/mol. The van der Waals surface area contributed by atoms with Gasteiger partial charge in [-0.25, -0.2) is 4.79 Å². The van der Waals surface area contributed by atoms with Crippen molar-refractivity contribution >= 4 is 23.9 Å². The summed E-state index contributed by atoms with van der Waals surface area (Å²) in [6, 6.07) is 0. The lowest BCUT2D eigenvalue weighted by Gasteiger charge is -2.40. The number of carbonyl (C=O) groups excluding carboxylic acids is 3. The third kappa shape index (κ3) is 46.5. The zero-order chi connectivity index (χ0) is 58.9. The lowest BCUT2D eigenvalue weighted by atomic mass is 9.98. The highest BCUT2D eigenvalue weighted by atomic mass is 16.7. The van der Waals surface area contributed by atoms with Crippen LogP contribution < -0.4 is 0 Å². The second-order valence-electron chi connectivity index (χ2n) is 22.7. The zero-order valence-electron chi connectivity index (χ0n) is 51.8. The zero-order valence-corrected chi connectivity index (χ0v) is 51.8. The lowest BCUT2D eigenvalue weighted by molar-refractivity contribution is -0.301. The standard InChI is InChI=1S/C69H120O12/c1-4-7-10-13-16-19-22-25-28-31-34-37-40-43-46-49-52-55-61(70)77-58-60(79-62(71)56-53-50-47-44-41-38-35-32-29-26-23-20-17-14-11-8-5-2)59-78-69-67(65(74)64(73)66(81-69)68(75)76)80-63(72)57-54-51-48-45-42-39-36-33-30-27-24-21-18-15-12-9-6-3/h7,10,16,19,25-26,28-29,34,37,60,64-67,69,73-74H,4-6,8-9,11-15,17-18,20-24,27,30-33,35-36,38-59H2,1-3H3,(H,75,76)/b10-7-,19-16-,28-25-,29-26-,37-34-. The van der Waals surface area contributed by atoms with Crippen LogP contribution in [0.15, 0.2) is 60.8 Å². The van der Waals surface area contributed by atoms with E-state index in [-0.39, 0.29) is 25.9 Å². The first-order valence-corrected chi connectivity index (χ1v) is 33.3. The molecule has 81 heavy (non-hydrogen) atoms. The number of rotatable bonds is 57. The third-order valence-corrected chi connectivity index (χ3v) is 15.1. The monoisotopic (exact) mass is 1140 g/mol. The fourth-order valence-corrected chi connectivity index (χ4v) is 10.0. The summed E-state index contributed by atoms with van der Waals surface area (Å²) in [5, 5.41) is 31.6. The summed E-state index contributed by atoms with van der Waals surface area (Å²) in [4.78, 5) is 51.4. The molecule has 0 aromatic carbocycles. The number of aliphatic hydroxyl groups excluding tert-OH is 2. The Morgan fingerprint density at radius 2 is 0.778 bits per heavy atom. The number of allylic oxidation sites excluding steroid dienone is 10. The van der Waals surface area contributed by atoms with Crippen LogP contribution in [-0.2, 0) is 42.9 Å². The van der Waals surface area contributed by atoms with Crippen molar-refractivity contribution in [1.29, 1.82) is 0 Å². The fraction of sp³-hybridized carbons (Fsp3) is 0.797. The van der Waals surface area contributed by atoms with Gasteiger partial charge in [0.25, 0.3) is 0 Å². The normalized spacial score (nSPS) is 18.1. The van der Waals surface area contributed by atoms with Gasteiger partial charge in [0.2, 0.25) is 0 Å². The average Bonchev–Trinajstić information content (AvgIpc) is 3.53. The number of hydrogen-bond acceptors (Lipinski definition) is 11. The van der Waals surface area contributed by atoms with Crippen LogP contribution in [0.4, 0.5) is 0 Å². The molecule has 0 aromatic heterocycles. The molecule has 0 amide bonds. The Kier molecular flexibility index (Phi) is 53.0. The van der Waals surface area contributed by atoms with Crippen LogP contribution in [0.3, 0.4) is 0 Å². The van der Waals surface area contributed by atoms with E-state index in [1.165, 1.54) is 135 Å². The Bertz CT molecular complexity index is 1640. The molecule has 3 N–H and O–H groups in total. The van der Waals surface area contributed by atoms with E-state index in [1.807, 2.05) is 0 Å². The number of carbonyl (C=O) groups is 4. The minimum Gasteiger partial charge on any atom is -0.479 e. The van der Waals surface area contributed by atoms with Gasteiger partial charge in [0.15, 0.2) is 24.6 Å². The highest BCUT2D eigenvalue weighted by Crippen LogP contribution is 2.27. The van der Waals surface area contributed by atoms with Gasteiger partial charge in [-0.05, 0) is 83.5 Å². The van der Waals surface area contributed by atoms with E-state index >= 15 is 0 Å². The molecule has 1 aliphatic rings. The van der Waals surface area contributed by atoms with Crippen LogP contribution in [0.1, 0.15) is 303 Å². The molecule has 0 aliphatic carbocycles. The van der Waals surface area contributed by atoms with Crippen LogP contribution in [-0.4, -0.2) is 89.2 Å². The van der Waals surface area contributed by atoms with Gasteiger partial charge in [0, 0.05) is 19.3 Å². The van der Waals surface area contributed by atoms with Gasteiger partial charge >= 0.3 is 23.9 Å². The SMILES string of the molecule is CC/C=C\C/C=C\C/C=C\C/C=C\CCCCCCC(=O)OCC(COC1OC(C(=O)O)C(O)C(O)C1OC(=O)CCCCCCCCCCCCCCCCCCC)OC(=O)CCCCCCCCC/C=C\CCCCCCCC. The molecular weight excluding hydrogens is 1020 g/mol. The number of hydrogen-bond donors (Lipinski definition) is 3. The largest absolute Gasteiger partial charge is 0.479 e. The first kappa shape index (κ1) is 75.4. The van der Waals surface area contributed by atoms with E-state index in [0.29, 0.717) is 19.3 Å². The van der Waals surface area contributed by atoms with Crippen LogP contribution in [0.5, 0.6) is 0 Å². The predicted octanol–water partition coefficient (Wildman–Crippen LogP) is 17.9. The van der Waals surface area contributed by atoms with Gasteiger partial charge in [0.05, 0.1) is 6.61 Å². The molecule has 0 radical (unpaired) electrons. The van der Waals surface area contributed by atoms with Crippen LogP contribution in [0.2, 0.25) is 0 Å². The molecular formula is C69H120O12. The van der Waals surface area contributed by atoms with Crippen LogP contribution in [0, 0.1) is 0 Å². The number of ether oxygens (including phenoxy) is 5. The number of aliphatic carboxylic acids is 1. The van der Waals surface area contributed by atoms with Crippen molar-refractivity contribution in [3.63, 3.8) is 0 Å². The first-order chi connectivity index (χ1) is 39.6. The highest BCUT2D eigenvalue weighted by Gasteiger charge is 2.50.